The fourth-order valence-electron chi connectivity index (χ4n) is 2.99. The molecule has 3 aromatic rings. The molecule has 1 fully saturated rings. The summed E-state index contributed by atoms with van der Waals surface area (Å²) < 4.78 is 10.8. The molecule has 0 amide bonds. The molecule has 22 heavy (non-hydrogen) atoms. The molecular formula is C20H20O2. The van der Waals surface area contributed by atoms with Gasteiger partial charge >= 0.3 is 0 Å². The van der Waals surface area contributed by atoms with Gasteiger partial charge in [0.05, 0.1) is 13.2 Å². The van der Waals surface area contributed by atoms with Crippen LogP contribution in [-0.2, 0) is 15.9 Å². The molecule has 0 aliphatic carbocycles. The van der Waals surface area contributed by atoms with E-state index in [0.29, 0.717) is 6.10 Å². The fraction of sp³-hybridized carbons (Fsp3) is 0.300. The summed E-state index contributed by atoms with van der Waals surface area (Å²) in [7, 11) is 0. The summed E-state index contributed by atoms with van der Waals surface area (Å²) in [6.45, 7) is 2.43. The maximum atomic E-state index is 5.64. The highest BCUT2D eigenvalue weighted by Crippen LogP contribution is 2.26. The number of hydrogen-bond acceptors (Lipinski definition) is 2. The molecule has 1 atom stereocenters. The van der Waals surface area contributed by atoms with E-state index in [4.69, 9.17) is 9.47 Å². The second-order valence-corrected chi connectivity index (χ2v) is 5.97. The Kier molecular flexibility index (Phi) is 3.79. The minimum atomic E-state index is 0.365. The molecular weight excluding hydrogens is 272 g/mol. The van der Waals surface area contributed by atoms with E-state index in [1.54, 1.807) is 0 Å². The van der Waals surface area contributed by atoms with Crippen molar-refractivity contribution in [1.82, 2.24) is 0 Å². The molecule has 3 aromatic carbocycles. The molecule has 0 N–H and O–H groups in total. The van der Waals surface area contributed by atoms with Gasteiger partial charge in [0.25, 0.3) is 0 Å². The first-order valence-electron chi connectivity index (χ1n) is 8.00. The van der Waals surface area contributed by atoms with Crippen LogP contribution in [0.1, 0.15) is 12.0 Å². The highest BCUT2D eigenvalue weighted by Gasteiger charge is 2.21. The number of benzene rings is 3. The largest absolute Gasteiger partial charge is 0.379 e. The topological polar surface area (TPSA) is 21.8 Å². The summed E-state index contributed by atoms with van der Waals surface area (Å²) in [6, 6.07) is 19.8. The van der Waals surface area contributed by atoms with Crippen LogP contribution < -0.4 is 0 Å². The van der Waals surface area contributed by atoms with Crippen molar-refractivity contribution in [3.8, 4) is 0 Å². The summed E-state index contributed by atoms with van der Waals surface area (Å²) in [5.74, 6) is 0. The minimum absolute atomic E-state index is 0.365. The van der Waals surface area contributed by atoms with Crippen molar-refractivity contribution < 1.29 is 9.47 Å². The van der Waals surface area contributed by atoms with Crippen molar-refractivity contribution in [2.45, 2.75) is 18.9 Å². The minimum Gasteiger partial charge on any atom is -0.379 e. The Morgan fingerprint density at radius 2 is 1.73 bits per heavy atom. The van der Waals surface area contributed by atoms with Gasteiger partial charge in [-0.2, -0.15) is 0 Å². The molecule has 1 unspecified atom stereocenters. The van der Waals surface area contributed by atoms with Crippen molar-refractivity contribution >= 4 is 21.5 Å². The standard InChI is InChI=1S/C20H20O2/c1-2-6-17-12-20-15(9-4-10-21-13-19-14-22-19)7-3-8-18(20)11-16(17)5-1/h1-3,5-8,11-12,19H,4,9-10,13-14H2. The Labute approximate surface area is 130 Å². The molecule has 1 heterocycles. The molecule has 0 saturated carbocycles. The average Bonchev–Trinajstić information content (AvgIpc) is 3.37. The Balaban J connectivity index is 1.52. The van der Waals surface area contributed by atoms with E-state index in [2.05, 4.69) is 54.6 Å². The van der Waals surface area contributed by atoms with E-state index in [1.807, 2.05) is 0 Å². The number of rotatable bonds is 6. The van der Waals surface area contributed by atoms with E-state index in [9.17, 15) is 0 Å². The smallest absolute Gasteiger partial charge is 0.104 e. The molecule has 0 aromatic heterocycles. The van der Waals surface area contributed by atoms with Crippen LogP contribution in [0.3, 0.4) is 0 Å². The quantitative estimate of drug-likeness (QED) is 0.383. The van der Waals surface area contributed by atoms with Gasteiger partial charge in [0, 0.05) is 6.61 Å². The van der Waals surface area contributed by atoms with Gasteiger partial charge in [0.15, 0.2) is 0 Å². The van der Waals surface area contributed by atoms with Crippen LogP contribution in [0.4, 0.5) is 0 Å². The third-order valence-electron chi connectivity index (χ3n) is 4.28. The number of aryl methyl sites for hydroxylation is 1. The average molecular weight is 292 g/mol. The molecule has 1 aliphatic heterocycles. The first-order valence-corrected chi connectivity index (χ1v) is 8.00. The first-order chi connectivity index (χ1) is 10.9. The van der Waals surface area contributed by atoms with Gasteiger partial charge in [0.1, 0.15) is 6.10 Å². The van der Waals surface area contributed by atoms with Gasteiger partial charge in [-0.3, -0.25) is 0 Å². The summed E-state index contributed by atoms with van der Waals surface area (Å²) in [5, 5.41) is 5.31. The third kappa shape index (κ3) is 2.99. The lowest BCUT2D eigenvalue weighted by molar-refractivity contribution is 0.114. The zero-order valence-electron chi connectivity index (χ0n) is 12.6. The van der Waals surface area contributed by atoms with Crippen molar-refractivity contribution in [3.63, 3.8) is 0 Å². The lowest BCUT2D eigenvalue weighted by Gasteiger charge is -2.09. The molecule has 0 bridgehead atoms. The van der Waals surface area contributed by atoms with Crippen LogP contribution in [-0.4, -0.2) is 25.9 Å². The predicted octanol–water partition coefficient (Wildman–Crippen LogP) is 4.34. The Morgan fingerprint density at radius 1 is 0.955 bits per heavy atom. The summed E-state index contributed by atoms with van der Waals surface area (Å²) in [6.07, 6.45) is 2.48. The van der Waals surface area contributed by atoms with E-state index in [-0.39, 0.29) is 0 Å². The molecule has 2 heteroatoms. The SMILES string of the molecule is c1ccc2cc3c(CCCOCC4CO4)cccc3cc2c1. The lowest BCUT2D eigenvalue weighted by Crippen LogP contribution is -2.03. The molecule has 0 spiro atoms. The van der Waals surface area contributed by atoms with Crippen LogP contribution in [0, 0.1) is 0 Å². The third-order valence-corrected chi connectivity index (χ3v) is 4.28. The Hall–Kier alpha value is -1.90. The van der Waals surface area contributed by atoms with Crippen molar-refractivity contribution in [2.24, 2.45) is 0 Å². The van der Waals surface area contributed by atoms with Gasteiger partial charge < -0.3 is 9.47 Å². The molecule has 4 rings (SSSR count). The normalized spacial score (nSPS) is 17.2. The van der Waals surface area contributed by atoms with E-state index in [1.165, 1.54) is 27.1 Å². The zero-order valence-corrected chi connectivity index (χ0v) is 12.6. The van der Waals surface area contributed by atoms with E-state index < -0.39 is 0 Å². The summed E-state index contributed by atoms with van der Waals surface area (Å²) in [5.41, 5.74) is 1.41. The van der Waals surface area contributed by atoms with Gasteiger partial charge in [-0.15, -0.1) is 0 Å². The van der Waals surface area contributed by atoms with Crippen molar-refractivity contribution in [3.05, 3.63) is 60.2 Å². The van der Waals surface area contributed by atoms with E-state index in [0.717, 1.165) is 32.7 Å². The Morgan fingerprint density at radius 3 is 2.55 bits per heavy atom. The van der Waals surface area contributed by atoms with Gasteiger partial charge in [-0.25, -0.2) is 0 Å². The van der Waals surface area contributed by atoms with Gasteiger partial charge in [-0.1, -0.05) is 42.5 Å². The molecule has 1 aliphatic rings. The summed E-state index contributed by atoms with van der Waals surface area (Å²) >= 11 is 0. The van der Waals surface area contributed by atoms with Crippen LogP contribution >= 0.6 is 0 Å². The molecule has 112 valence electrons. The van der Waals surface area contributed by atoms with Crippen LogP contribution in [0.5, 0.6) is 0 Å². The van der Waals surface area contributed by atoms with Crippen LogP contribution in [0.15, 0.2) is 54.6 Å². The van der Waals surface area contributed by atoms with Crippen LogP contribution in [0.2, 0.25) is 0 Å². The number of hydrogen-bond donors (Lipinski definition) is 0. The number of fused-ring (bicyclic) bond motifs is 2. The van der Waals surface area contributed by atoms with Crippen molar-refractivity contribution in [2.75, 3.05) is 19.8 Å². The molecule has 0 radical (unpaired) electrons. The van der Waals surface area contributed by atoms with Gasteiger partial charge in [0.2, 0.25) is 0 Å². The maximum absolute atomic E-state index is 5.64. The van der Waals surface area contributed by atoms with Gasteiger partial charge in [-0.05, 0) is 52.1 Å². The second-order valence-electron chi connectivity index (χ2n) is 5.97. The monoisotopic (exact) mass is 292 g/mol. The van der Waals surface area contributed by atoms with Crippen LogP contribution in [0.25, 0.3) is 21.5 Å². The zero-order chi connectivity index (χ0) is 14.8. The number of ether oxygens (including phenoxy) is 2. The highest BCUT2D eigenvalue weighted by molar-refractivity contribution is 5.99. The fourth-order valence-corrected chi connectivity index (χ4v) is 2.99. The summed E-state index contributed by atoms with van der Waals surface area (Å²) in [4.78, 5) is 0. The maximum Gasteiger partial charge on any atom is 0.104 e. The first kappa shape index (κ1) is 13.7. The lowest BCUT2D eigenvalue weighted by atomic mass is 9.97. The number of epoxide rings is 1. The Bertz CT molecular complexity index is 790. The highest BCUT2D eigenvalue weighted by atomic mass is 16.6. The second kappa shape index (κ2) is 6.07. The van der Waals surface area contributed by atoms with E-state index >= 15 is 0 Å². The molecule has 1 saturated heterocycles. The predicted molar refractivity (Wildman–Crippen MR) is 90.3 cm³/mol. The van der Waals surface area contributed by atoms with Crippen molar-refractivity contribution in [1.29, 1.82) is 0 Å². The molecule has 2 nitrogen and oxygen atoms in total.